The fourth-order valence-electron chi connectivity index (χ4n) is 1.54. The standard InChI is InChI=1S/C11H13F3O2/c1-3-7-5-6-8(15)10(11(12,13)14)16-9(7)4-2/h3-4,8,10,15H,1-2,5-6H2. The Hall–Kier alpha value is -1.23. The van der Waals surface area contributed by atoms with Crippen LogP contribution in [0.25, 0.3) is 0 Å². The summed E-state index contributed by atoms with van der Waals surface area (Å²) in [5.74, 6) is 0.0360. The summed E-state index contributed by atoms with van der Waals surface area (Å²) in [6, 6.07) is 0. The zero-order valence-electron chi connectivity index (χ0n) is 8.63. The molecule has 1 N–H and O–H groups in total. The lowest BCUT2D eigenvalue weighted by Crippen LogP contribution is -2.41. The lowest BCUT2D eigenvalue weighted by atomic mass is 10.0. The van der Waals surface area contributed by atoms with Crippen LogP contribution in [0.5, 0.6) is 0 Å². The van der Waals surface area contributed by atoms with E-state index in [1.807, 2.05) is 0 Å². The Kier molecular flexibility index (Phi) is 3.80. The van der Waals surface area contributed by atoms with Crippen LogP contribution in [0.1, 0.15) is 12.8 Å². The second-order valence-corrected chi connectivity index (χ2v) is 3.48. The summed E-state index contributed by atoms with van der Waals surface area (Å²) >= 11 is 0. The predicted octanol–water partition coefficient (Wildman–Crippen LogP) is 2.71. The van der Waals surface area contributed by atoms with Gasteiger partial charge in [-0.2, -0.15) is 13.2 Å². The SMILES string of the molecule is C=CC1=C(C=C)OC(C(F)(F)F)C(O)CC1. The molecular weight excluding hydrogens is 221 g/mol. The zero-order valence-corrected chi connectivity index (χ0v) is 8.63. The fourth-order valence-corrected chi connectivity index (χ4v) is 1.54. The maximum atomic E-state index is 12.5. The Labute approximate surface area is 91.7 Å². The third-order valence-corrected chi connectivity index (χ3v) is 2.38. The monoisotopic (exact) mass is 234 g/mol. The van der Waals surface area contributed by atoms with Crippen LogP contribution in [0, 0.1) is 0 Å². The number of ether oxygens (including phenoxy) is 1. The second-order valence-electron chi connectivity index (χ2n) is 3.48. The van der Waals surface area contributed by atoms with Gasteiger partial charge in [0.15, 0.2) is 0 Å². The van der Waals surface area contributed by atoms with Gasteiger partial charge in [-0.05, 0) is 24.5 Å². The summed E-state index contributed by atoms with van der Waals surface area (Å²) in [6.45, 7) is 6.87. The highest BCUT2D eigenvalue weighted by molar-refractivity contribution is 5.28. The lowest BCUT2D eigenvalue weighted by Gasteiger charge is -2.24. The highest BCUT2D eigenvalue weighted by Gasteiger charge is 2.47. The van der Waals surface area contributed by atoms with Crippen LogP contribution < -0.4 is 0 Å². The van der Waals surface area contributed by atoms with Gasteiger partial charge in [-0.1, -0.05) is 19.2 Å². The quantitative estimate of drug-likeness (QED) is 0.796. The Morgan fingerprint density at radius 3 is 2.38 bits per heavy atom. The third-order valence-electron chi connectivity index (χ3n) is 2.38. The molecule has 0 radical (unpaired) electrons. The molecule has 1 heterocycles. The van der Waals surface area contributed by atoms with Crippen molar-refractivity contribution >= 4 is 0 Å². The van der Waals surface area contributed by atoms with E-state index in [1.165, 1.54) is 12.2 Å². The fraction of sp³-hybridized carbons (Fsp3) is 0.455. The molecule has 0 aliphatic carbocycles. The first kappa shape index (κ1) is 12.8. The molecule has 0 spiro atoms. The van der Waals surface area contributed by atoms with E-state index in [1.54, 1.807) is 0 Å². The van der Waals surface area contributed by atoms with Crippen LogP contribution in [-0.2, 0) is 4.74 Å². The summed E-state index contributed by atoms with van der Waals surface area (Å²) in [7, 11) is 0. The Morgan fingerprint density at radius 2 is 1.94 bits per heavy atom. The van der Waals surface area contributed by atoms with Crippen LogP contribution in [-0.4, -0.2) is 23.5 Å². The normalized spacial score (nSPS) is 27.0. The van der Waals surface area contributed by atoms with E-state index in [0.717, 1.165) is 0 Å². The second kappa shape index (κ2) is 4.74. The summed E-state index contributed by atoms with van der Waals surface area (Å²) in [5.41, 5.74) is 0.529. The molecule has 0 aromatic heterocycles. The van der Waals surface area contributed by atoms with Gasteiger partial charge in [-0.25, -0.2) is 0 Å². The van der Waals surface area contributed by atoms with E-state index < -0.39 is 18.4 Å². The van der Waals surface area contributed by atoms with E-state index in [2.05, 4.69) is 13.2 Å². The van der Waals surface area contributed by atoms with Crippen LogP contribution in [0.2, 0.25) is 0 Å². The van der Waals surface area contributed by atoms with Crippen LogP contribution in [0.3, 0.4) is 0 Å². The van der Waals surface area contributed by atoms with Crippen molar-refractivity contribution in [2.45, 2.75) is 31.2 Å². The van der Waals surface area contributed by atoms with Gasteiger partial charge < -0.3 is 9.84 Å². The van der Waals surface area contributed by atoms with Gasteiger partial charge >= 0.3 is 6.18 Å². The minimum Gasteiger partial charge on any atom is -0.478 e. The van der Waals surface area contributed by atoms with E-state index in [0.29, 0.717) is 12.0 Å². The molecule has 2 nitrogen and oxygen atoms in total. The summed E-state index contributed by atoms with van der Waals surface area (Å²) in [4.78, 5) is 0. The number of allylic oxidation sites excluding steroid dienone is 3. The highest BCUT2D eigenvalue weighted by Crippen LogP contribution is 2.33. The molecule has 2 atom stereocenters. The molecule has 90 valence electrons. The molecule has 0 saturated heterocycles. The van der Waals surface area contributed by atoms with Gasteiger partial charge in [0.1, 0.15) is 11.9 Å². The van der Waals surface area contributed by atoms with Crippen LogP contribution >= 0.6 is 0 Å². The van der Waals surface area contributed by atoms with Crippen molar-refractivity contribution in [3.8, 4) is 0 Å². The molecule has 0 saturated carbocycles. The molecule has 5 heteroatoms. The molecule has 1 aliphatic heterocycles. The first-order chi connectivity index (χ1) is 7.40. The number of rotatable bonds is 2. The summed E-state index contributed by atoms with van der Waals surface area (Å²) in [6.07, 6.45) is -5.45. The molecule has 0 amide bonds. The van der Waals surface area contributed by atoms with Crippen LogP contribution in [0.15, 0.2) is 36.6 Å². The third kappa shape index (κ3) is 2.66. The van der Waals surface area contributed by atoms with Gasteiger partial charge in [0, 0.05) is 0 Å². The largest absolute Gasteiger partial charge is 0.478 e. The van der Waals surface area contributed by atoms with Crippen molar-refractivity contribution in [3.63, 3.8) is 0 Å². The minimum atomic E-state index is -4.59. The molecule has 16 heavy (non-hydrogen) atoms. The van der Waals surface area contributed by atoms with Gasteiger partial charge in [0.2, 0.25) is 6.10 Å². The molecule has 0 bridgehead atoms. The van der Waals surface area contributed by atoms with Gasteiger partial charge in [-0.15, -0.1) is 0 Å². The first-order valence-corrected chi connectivity index (χ1v) is 4.79. The minimum absolute atomic E-state index is 0.0110. The van der Waals surface area contributed by atoms with Gasteiger partial charge in [0.05, 0.1) is 0 Å². The molecular formula is C11H13F3O2. The van der Waals surface area contributed by atoms with Crippen molar-refractivity contribution in [3.05, 3.63) is 36.6 Å². The van der Waals surface area contributed by atoms with Crippen molar-refractivity contribution in [2.24, 2.45) is 0 Å². The number of aliphatic hydroxyl groups excluding tert-OH is 1. The van der Waals surface area contributed by atoms with E-state index in [9.17, 15) is 18.3 Å². The van der Waals surface area contributed by atoms with Crippen molar-refractivity contribution < 1.29 is 23.0 Å². The number of hydrogen-bond donors (Lipinski definition) is 1. The predicted molar refractivity (Wildman–Crippen MR) is 53.6 cm³/mol. The highest BCUT2D eigenvalue weighted by atomic mass is 19.4. The van der Waals surface area contributed by atoms with Crippen molar-refractivity contribution in [2.75, 3.05) is 0 Å². The van der Waals surface area contributed by atoms with Gasteiger partial charge in [0.25, 0.3) is 0 Å². The first-order valence-electron chi connectivity index (χ1n) is 4.79. The maximum absolute atomic E-state index is 12.5. The van der Waals surface area contributed by atoms with Gasteiger partial charge in [-0.3, -0.25) is 0 Å². The van der Waals surface area contributed by atoms with Crippen molar-refractivity contribution in [1.29, 1.82) is 0 Å². The van der Waals surface area contributed by atoms with E-state index >= 15 is 0 Å². The number of alkyl halides is 3. The zero-order chi connectivity index (χ0) is 12.3. The van der Waals surface area contributed by atoms with Crippen molar-refractivity contribution in [1.82, 2.24) is 0 Å². The van der Waals surface area contributed by atoms with Crippen LogP contribution in [0.4, 0.5) is 13.2 Å². The Balaban J connectivity index is 3.02. The Morgan fingerprint density at radius 1 is 1.31 bits per heavy atom. The molecule has 1 rings (SSSR count). The Bertz CT molecular complexity index is 318. The lowest BCUT2D eigenvalue weighted by molar-refractivity contribution is -0.233. The average molecular weight is 234 g/mol. The maximum Gasteiger partial charge on any atom is 0.427 e. The molecule has 2 unspecified atom stereocenters. The smallest absolute Gasteiger partial charge is 0.427 e. The molecule has 0 fully saturated rings. The van der Waals surface area contributed by atoms with E-state index in [-0.39, 0.29) is 12.2 Å². The number of aliphatic hydroxyl groups is 1. The number of hydrogen-bond acceptors (Lipinski definition) is 2. The average Bonchev–Trinajstić information content (AvgIpc) is 2.36. The summed E-state index contributed by atoms with van der Waals surface area (Å²) < 4.78 is 42.4. The number of halogens is 3. The summed E-state index contributed by atoms with van der Waals surface area (Å²) in [5, 5.41) is 9.37. The molecule has 0 aromatic rings. The van der Waals surface area contributed by atoms with E-state index in [4.69, 9.17) is 4.74 Å². The topological polar surface area (TPSA) is 29.5 Å². The molecule has 1 aliphatic rings. The molecule has 0 aromatic carbocycles.